The van der Waals surface area contributed by atoms with Crippen molar-refractivity contribution in [2.45, 2.75) is 31.7 Å². The number of likely N-dealkylation sites (N-methyl/N-ethyl adjacent to an activating group) is 1. The molecule has 46 heavy (non-hydrogen) atoms. The Morgan fingerprint density at radius 3 is 2.35 bits per heavy atom. The highest BCUT2D eigenvalue weighted by atomic mass is 31.2. The molecule has 12 nitrogen and oxygen atoms in total. The van der Waals surface area contributed by atoms with Gasteiger partial charge >= 0.3 is 13.9 Å². The van der Waals surface area contributed by atoms with Crippen LogP contribution in [0.15, 0.2) is 97.1 Å². The van der Waals surface area contributed by atoms with E-state index in [9.17, 15) is 18.9 Å². The molecular weight excluding hydrogens is 609 g/mol. The van der Waals surface area contributed by atoms with Crippen molar-refractivity contribution >= 4 is 36.4 Å². The molecule has 0 bridgehead atoms. The van der Waals surface area contributed by atoms with E-state index >= 15 is 0 Å². The average Bonchev–Trinajstić information content (AvgIpc) is 3.02. The number of hydrazine groups is 1. The third-order valence-electron chi connectivity index (χ3n) is 8.25. The van der Waals surface area contributed by atoms with Gasteiger partial charge < -0.3 is 19.6 Å². The van der Waals surface area contributed by atoms with Gasteiger partial charge in [-0.25, -0.2) is 19.4 Å². The molecule has 2 aliphatic rings. The predicted octanol–water partition coefficient (Wildman–Crippen LogP) is 3.49. The number of fused-ring (bicyclic) bond motifs is 2. The normalized spacial score (nSPS) is 18.9. The van der Waals surface area contributed by atoms with Gasteiger partial charge in [-0.15, -0.1) is 0 Å². The molecule has 0 aromatic heterocycles. The van der Waals surface area contributed by atoms with E-state index in [0.29, 0.717) is 5.56 Å². The molecule has 0 spiro atoms. The summed E-state index contributed by atoms with van der Waals surface area (Å²) in [6, 6.07) is 28.0. The maximum Gasteiger partial charge on any atom is 0.524 e. The average molecular weight is 644 g/mol. The van der Waals surface area contributed by atoms with Gasteiger partial charge in [0, 0.05) is 26.6 Å². The van der Waals surface area contributed by atoms with Gasteiger partial charge in [0.25, 0.3) is 0 Å². The summed E-state index contributed by atoms with van der Waals surface area (Å²) in [6.45, 7) is 0.559. The molecule has 3 N–H and O–H groups in total. The highest BCUT2D eigenvalue weighted by Gasteiger charge is 2.50. The van der Waals surface area contributed by atoms with E-state index in [0.717, 1.165) is 21.9 Å². The molecule has 2 fully saturated rings. The minimum Gasteiger partial charge on any atom is -0.404 e. The van der Waals surface area contributed by atoms with Gasteiger partial charge in [0.2, 0.25) is 11.8 Å². The van der Waals surface area contributed by atoms with Crippen LogP contribution in [0.1, 0.15) is 16.7 Å². The second kappa shape index (κ2) is 12.9. The maximum absolute atomic E-state index is 14.3. The number of hydrogen-bond donors (Lipinski definition) is 3. The summed E-state index contributed by atoms with van der Waals surface area (Å²) in [5.41, 5.74) is 2.51. The Bertz CT molecular complexity index is 1790. The number of piperazine rings is 1. The zero-order chi connectivity index (χ0) is 32.4. The second-order valence-corrected chi connectivity index (χ2v) is 12.6. The first-order valence-electron chi connectivity index (χ1n) is 14.8. The van der Waals surface area contributed by atoms with E-state index < -0.39 is 26.1 Å². The maximum atomic E-state index is 14.3. The molecule has 4 aromatic rings. The highest BCUT2D eigenvalue weighted by molar-refractivity contribution is 7.46. The minimum atomic E-state index is -4.74. The highest BCUT2D eigenvalue weighted by Crippen LogP contribution is 2.37. The van der Waals surface area contributed by atoms with Crippen LogP contribution in [0.4, 0.5) is 4.79 Å². The zero-order valence-corrected chi connectivity index (χ0v) is 26.0. The summed E-state index contributed by atoms with van der Waals surface area (Å²) in [5, 5.41) is 8.10. The van der Waals surface area contributed by atoms with Gasteiger partial charge in [-0.2, -0.15) is 0 Å². The summed E-state index contributed by atoms with van der Waals surface area (Å²) in [4.78, 5) is 63.2. The summed E-state index contributed by atoms with van der Waals surface area (Å²) in [6.07, 6.45) is -0.663. The topological polar surface area (TPSA) is 143 Å². The SMILES string of the molecule is CN1CC(=O)N2[C@@H](Cc3ccc(OP(=O)(O)O)cc3)C(=O)N(Cc3cccc4ccccc34)C[C@@H]2N1C(=O)NCc1ccccc1. The van der Waals surface area contributed by atoms with Crippen molar-refractivity contribution in [3.8, 4) is 5.75 Å². The standard InChI is InChI=1S/C33H34N5O7P/c1-35-22-31(39)37-29(18-23-14-16-27(17-15-23)45-46(42,43)44)32(40)36(20-26-12-7-11-25-10-5-6-13-28(25)26)21-30(37)38(35)33(41)34-19-24-8-3-2-4-9-24/h2-17,29-30H,18-22H2,1H3,(H,34,41)(H2,42,43,44)/t29-,30-/m0/s1. The van der Waals surface area contributed by atoms with Gasteiger partial charge in [-0.1, -0.05) is 84.9 Å². The Morgan fingerprint density at radius 1 is 0.913 bits per heavy atom. The number of nitrogens with zero attached hydrogens (tertiary/aromatic N) is 4. The van der Waals surface area contributed by atoms with E-state index in [4.69, 9.17) is 9.79 Å². The number of phosphoric ester groups is 1. The summed E-state index contributed by atoms with van der Waals surface area (Å²) < 4.78 is 15.9. The van der Waals surface area contributed by atoms with Crippen molar-refractivity contribution in [1.82, 2.24) is 25.1 Å². The summed E-state index contributed by atoms with van der Waals surface area (Å²) >= 11 is 0. The molecule has 13 heteroatoms. The van der Waals surface area contributed by atoms with Crippen LogP contribution in [0.2, 0.25) is 0 Å². The molecule has 0 aliphatic carbocycles. The number of benzene rings is 4. The number of amides is 4. The van der Waals surface area contributed by atoms with Gasteiger partial charge in [-0.05, 0) is 39.6 Å². The number of rotatable bonds is 8. The van der Waals surface area contributed by atoms with E-state index in [1.807, 2.05) is 72.8 Å². The van der Waals surface area contributed by atoms with Crippen LogP contribution in [-0.2, 0) is 33.7 Å². The van der Waals surface area contributed by atoms with Crippen LogP contribution in [0, 0.1) is 0 Å². The van der Waals surface area contributed by atoms with Crippen LogP contribution in [0.5, 0.6) is 5.75 Å². The lowest BCUT2D eigenvalue weighted by atomic mass is 9.97. The van der Waals surface area contributed by atoms with Crippen LogP contribution in [-0.4, -0.2) is 79.8 Å². The lowest BCUT2D eigenvalue weighted by Crippen LogP contribution is -2.76. The van der Waals surface area contributed by atoms with Crippen molar-refractivity contribution in [3.63, 3.8) is 0 Å². The van der Waals surface area contributed by atoms with Gasteiger partial charge in [-0.3, -0.25) is 19.4 Å². The first-order chi connectivity index (χ1) is 22.1. The fourth-order valence-electron chi connectivity index (χ4n) is 6.18. The van der Waals surface area contributed by atoms with Crippen molar-refractivity contribution in [3.05, 3.63) is 114 Å². The lowest BCUT2D eigenvalue weighted by Gasteiger charge is -2.54. The number of nitrogens with one attached hydrogen (secondary N) is 1. The molecule has 2 aliphatic heterocycles. The molecule has 2 saturated heterocycles. The third-order valence-corrected chi connectivity index (χ3v) is 8.70. The molecular formula is C33H34N5O7P. The molecule has 6 rings (SSSR count). The van der Waals surface area contributed by atoms with E-state index in [2.05, 4.69) is 9.84 Å². The van der Waals surface area contributed by atoms with E-state index in [1.54, 1.807) is 29.1 Å². The van der Waals surface area contributed by atoms with Crippen LogP contribution < -0.4 is 9.84 Å². The van der Waals surface area contributed by atoms with Crippen LogP contribution in [0.3, 0.4) is 0 Å². The number of phosphoric acid groups is 1. The third kappa shape index (κ3) is 6.75. The first-order valence-corrected chi connectivity index (χ1v) is 16.3. The minimum absolute atomic E-state index is 0.0283. The van der Waals surface area contributed by atoms with Crippen molar-refractivity contribution in [2.24, 2.45) is 0 Å². The van der Waals surface area contributed by atoms with Crippen LogP contribution >= 0.6 is 7.82 Å². The molecule has 2 heterocycles. The molecule has 0 radical (unpaired) electrons. The Morgan fingerprint density at radius 2 is 1.61 bits per heavy atom. The number of urea groups is 1. The number of carbonyl (C=O) groups excluding carboxylic acids is 3. The van der Waals surface area contributed by atoms with Gasteiger partial charge in [0.05, 0.1) is 13.1 Å². The van der Waals surface area contributed by atoms with Crippen molar-refractivity contribution in [1.29, 1.82) is 0 Å². The summed E-state index contributed by atoms with van der Waals surface area (Å²) in [7, 11) is -3.07. The zero-order valence-electron chi connectivity index (χ0n) is 25.1. The molecule has 0 saturated carbocycles. The Hall–Kier alpha value is -4.74. The molecule has 238 valence electrons. The van der Waals surface area contributed by atoms with Gasteiger partial charge in [0.1, 0.15) is 18.0 Å². The van der Waals surface area contributed by atoms with E-state index in [-0.39, 0.29) is 50.2 Å². The fourth-order valence-corrected chi connectivity index (χ4v) is 6.58. The van der Waals surface area contributed by atoms with Crippen molar-refractivity contribution < 1.29 is 33.3 Å². The Balaban J connectivity index is 1.33. The Labute approximate surface area is 266 Å². The van der Waals surface area contributed by atoms with Crippen LogP contribution in [0.25, 0.3) is 10.8 Å². The molecule has 4 aromatic carbocycles. The first kappa shape index (κ1) is 31.3. The van der Waals surface area contributed by atoms with Gasteiger partial charge in [0.15, 0.2) is 0 Å². The Kier molecular flexibility index (Phi) is 8.79. The van der Waals surface area contributed by atoms with Crippen molar-refractivity contribution in [2.75, 3.05) is 20.1 Å². The predicted molar refractivity (Wildman–Crippen MR) is 170 cm³/mol. The second-order valence-electron chi connectivity index (χ2n) is 11.4. The molecule has 4 amide bonds. The van der Waals surface area contributed by atoms with E-state index in [1.165, 1.54) is 22.0 Å². The quantitative estimate of drug-likeness (QED) is 0.248. The molecule has 0 unspecified atom stereocenters. The smallest absolute Gasteiger partial charge is 0.404 e. The summed E-state index contributed by atoms with van der Waals surface area (Å²) in [5.74, 6) is -0.578. The molecule has 2 atom stereocenters. The largest absolute Gasteiger partial charge is 0.524 e. The monoisotopic (exact) mass is 643 g/mol. The lowest BCUT2D eigenvalue weighted by molar-refractivity contribution is -0.187. The number of carbonyl (C=O) groups is 3. The number of hydrogen-bond acceptors (Lipinski definition) is 6. The fraction of sp³-hybridized carbons (Fsp3) is 0.242.